The first kappa shape index (κ1) is 9.38. The molecule has 2 N–H and O–H groups in total. The van der Waals surface area contributed by atoms with Gasteiger partial charge in [-0.1, -0.05) is 19.9 Å². The number of aromatic hydroxyl groups is 1. The summed E-state index contributed by atoms with van der Waals surface area (Å²) in [5, 5.41) is 12.8. The van der Waals surface area contributed by atoms with Crippen LogP contribution < -0.4 is 5.32 Å². The van der Waals surface area contributed by atoms with Crippen molar-refractivity contribution in [1.29, 1.82) is 0 Å². The topological polar surface area (TPSA) is 32.3 Å². The fourth-order valence-electron chi connectivity index (χ4n) is 2.27. The van der Waals surface area contributed by atoms with Crippen molar-refractivity contribution < 1.29 is 5.11 Å². The van der Waals surface area contributed by atoms with Gasteiger partial charge >= 0.3 is 0 Å². The molecule has 0 radical (unpaired) electrons. The van der Waals surface area contributed by atoms with Crippen LogP contribution in [0, 0.1) is 0 Å². The van der Waals surface area contributed by atoms with Crippen molar-refractivity contribution in [3.8, 4) is 5.75 Å². The molecular weight excluding hydrogens is 174 g/mol. The van der Waals surface area contributed by atoms with E-state index in [-0.39, 0.29) is 5.41 Å². The van der Waals surface area contributed by atoms with E-state index >= 15 is 0 Å². The number of rotatable bonds is 1. The molecule has 1 aliphatic heterocycles. The van der Waals surface area contributed by atoms with E-state index in [4.69, 9.17) is 0 Å². The lowest BCUT2D eigenvalue weighted by molar-refractivity contribution is 0.424. The zero-order chi connectivity index (χ0) is 10.3. The van der Waals surface area contributed by atoms with E-state index in [1.165, 1.54) is 5.56 Å². The van der Waals surface area contributed by atoms with Crippen molar-refractivity contribution in [2.45, 2.75) is 38.6 Å². The maximum atomic E-state index is 9.39. The van der Waals surface area contributed by atoms with Gasteiger partial charge in [0, 0.05) is 23.2 Å². The number of phenolic OH excluding ortho intramolecular Hbond substituents is 1. The predicted octanol–water partition coefficient (Wildman–Crippen LogP) is 2.87. The van der Waals surface area contributed by atoms with Crippen molar-refractivity contribution in [2.75, 3.05) is 5.32 Å². The molecule has 0 saturated carbocycles. The zero-order valence-corrected chi connectivity index (χ0v) is 8.96. The van der Waals surface area contributed by atoms with Crippen LogP contribution in [0.3, 0.4) is 0 Å². The molecule has 14 heavy (non-hydrogen) atoms. The van der Waals surface area contributed by atoms with E-state index in [0.717, 1.165) is 12.1 Å². The quantitative estimate of drug-likeness (QED) is 0.715. The van der Waals surface area contributed by atoms with E-state index in [2.05, 4.69) is 26.1 Å². The molecule has 0 spiro atoms. The van der Waals surface area contributed by atoms with Crippen LogP contribution in [-0.4, -0.2) is 11.1 Å². The monoisotopic (exact) mass is 191 g/mol. The first-order chi connectivity index (χ1) is 6.58. The van der Waals surface area contributed by atoms with Gasteiger partial charge in [-0.15, -0.1) is 0 Å². The fraction of sp³-hybridized carbons (Fsp3) is 0.500. The van der Waals surface area contributed by atoms with Crippen LogP contribution in [0.5, 0.6) is 5.75 Å². The van der Waals surface area contributed by atoms with Gasteiger partial charge in [0.1, 0.15) is 5.75 Å². The fourth-order valence-corrected chi connectivity index (χ4v) is 2.27. The molecule has 0 amide bonds. The van der Waals surface area contributed by atoms with E-state index in [1.54, 1.807) is 6.07 Å². The van der Waals surface area contributed by atoms with E-state index < -0.39 is 0 Å². The SMILES string of the molecule is CCC1(C)c2ccc(O)cc2NC1C. The number of benzene rings is 1. The summed E-state index contributed by atoms with van der Waals surface area (Å²) in [4.78, 5) is 0. The summed E-state index contributed by atoms with van der Waals surface area (Å²) >= 11 is 0. The normalized spacial score (nSPS) is 29.8. The summed E-state index contributed by atoms with van der Waals surface area (Å²) in [6.07, 6.45) is 1.11. The first-order valence-corrected chi connectivity index (χ1v) is 5.18. The van der Waals surface area contributed by atoms with Crippen LogP contribution in [0.15, 0.2) is 18.2 Å². The zero-order valence-electron chi connectivity index (χ0n) is 8.96. The maximum absolute atomic E-state index is 9.39. The van der Waals surface area contributed by atoms with Gasteiger partial charge < -0.3 is 10.4 Å². The third kappa shape index (κ3) is 1.10. The molecule has 0 fully saturated rings. The Kier molecular flexibility index (Phi) is 1.95. The molecule has 2 nitrogen and oxygen atoms in total. The smallest absolute Gasteiger partial charge is 0.117 e. The number of fused-ring (bicyclic) bond motifs is 1. The molecule has 0 aromatic heterocycles. The Morgan fingerprint density at radius 3 is 2.86 bits per heavy atom. The van der Waals surface area contributed by atoms with Gasteiger partial charge in [-0.2, -0.15) is 0 Å². The van der Waals surface area contributed by atoms with Crippen molar-refractivity contribution in [3.63, 3.8) is 0 Å². The van der Waals surface area contributed by atoms with E-state index in [0.29, 0.717) is 11.8 Å². The Morgan fingerprint density at radius 2 is 2.21 bits per heavy atom. The molecule has 1 aliphatic rings. The Hall–Kier alpha value is -1.18. The average molecular weight is 191 g/mol. The van der Waals surface area contributed by atoms with Crippen LogP contribution in [0.4, 0.5) is 5.69 Å². The highest BCUT2D eigenvalue weighted by Crippen LogP contribution is 2.44. The molecule has 2 heteroatoms. The lowest BCUT2D eigenvalue weighted by Crippen LogP contribution is -2.32. The van der Waals surface area contributed by atoms with Crippen molar-refractivity contribution in [1.82, 2.24) is 0 Å². The number of phenols is 1. The Bertz CT molecular complexity index is 361. The standard InChI is InChI=1S/C12H17NO/c1-4-12(3)8(2)13-11-7-9(14)5-6-10(11)12/h5-8,13-14H,4H2,1-3H3. The summed E-state index contributed by atoms with van der Waals surface area (Å²) in [5.74, 6) is 0.337. The van der Waals surface area contributed by atoms with Crippen LogP contribution in [0.25, 0.3) is 0 Å². The predicted molar refractivity (Wildman–Crippen MR) is 58.8 cm³/mol. The highest BCUT2D eigenvalue weighted by molar-refractivity contribution is 5.63. The molecule has 1 aromatic rings. The second-order valence-electron chi connectivity index (χ2n) is 4.37. The lowest BCUT2D eigenvalue weighted by Gasteiger charge is -2.28. The van der Waals surface area contributed by atoms with Gasteiger partial charge in [-0.05, 0) is 25.0 Å². The van der Waals surface area contributed by atoms with Gasteiger partial charge in [-0.3, -0.25) is 0 Å². The Balaban J connectivity index is 2.53. The Labute approximate surface area is 85.0 Å². The van der Waals surface area contributed by atoms with Crippen LogP contribution in [0.2, 0.25) is 0 Å². The van der Waals surface area contributed by atoms with E-state index in [1.807, 2.05) is 12.1 Å². The largest absolute Gasteiger partial charge is 0.508 e. The molecule has 1 aromatic carbocycles. The van der Waals surface area contributed by atoms with Crippen molar-refractivity contribution in [2.24, 2.45) is 0 Å². The van der Waals surface area contributed by atoms with Crippen LogP contribution in [0.1, 0.15) is 32.8 Å². The molecule has 1 heterocycles. The van der Waals surface area contributed by atoms with Gasteiger partial charge in [0.2, 0.25) is 0 Å². The Morgan fingerprint density at radius 1 is 1.50 bits per heavy atom. The number of hydrogen-bond acceptors (Lipinski definition) is 2. The molecule has 2 unspecified atom stereocenters. The second kappa shape index (κ2) is 2.91. The summed E-state index contributed by atoms with van der Waals surface area (Å²) in [7, 11) is 0. The summed E-state index contributed by atoms with van der Waals surface area (Å²) in [6.45, 7) is 6.67. The molecule has 0 bridgehead atoms. The van der Waals surface area contributed by atoms with Gasteiger partial charge in [0.15, 0.2) is 0 Å². The highest BCUT2D eigenvalue weighted by atomic mass is 16.3. The van der Waals surface area contributed by atoms with Crippen molar-refractivity contribution in [3.05, 3.63) is 23.8 Å². The lowest BCUT2D eigenvalue weighted by atomic mass is 9.77. The second-order valence-corrected chi connectivity index (χ2v) is 4.37. The molecule has 0 aliphatic carbocycles. The third-order valence-corrected chi connectivity index (χ3v) is 3.68. The molecule has 0 saturated heterocycles. The number of hydrogen-bond donors (Lipinski definition) is 2. The third-order valence-electron chi connectivity index (χ3n) is 3.68. The van der Waals surface area contributed by atoms with Crippen LogP contribution >= 0.6 is 0 Å². The van der Waals surface area contributed by atoms with E-state index in [9.17, 15) is 5.11 Å². The summed E-state index contributed by atoms with van der Waals surface area (Å²) in [6, 6.07) is 6.05. The highest BCUT2D eigenvalue weighted by Gasteiger charge is 2.38. The first-order valence-electron chi connectivity index (χ1n) is 5.18. The van der Waals surface area contributed by atoms with Gasteiger partial charge in [-0.25, -0.2) is 0 Å². The molecular formula is C12H17NO. The number of nitrogens with one attached hydrogen (secondary N) is 1. The van der Waals surface area contributed by atoms with Crippen LogP contribution in [-0.2, 0) is 5.41 Å². The summed E-state index contributed by atoms with van der Waals surface area (Å²) in [5.41, 5.74) is 2.61. The minimum Gasteiger partial charge on any atom is -0.508 e. The number of anilines is 1. The maximum Gasteiger partial charge on any atom is 0.117 e. The summed E-state index contributed by atoms with van der Waals surface area (Å²) < 4.78 is 0. The minimum absolute atomic E-state index is 0.197. The molecule has 76 valence electrons. The molecule has 2 atom stereocenters. The average Bonchev–Trinajstić information content (AvgIpc) is 2.39. The van der Waals surface area contributed by atoms with Crippen molar-refractivity contribution >= 4 is 5.69 Å². The minimum atomic E-state index is 0.197. The van der Waals surface area contributed by atoms with Gasteiger partial charge in [0.25, 0.3) is 0 Å². The molecule has 2 rings (SSSR count). The van der Waals surface area contributed by atoms with Gasteiger partial charge in [0.05, 0.1) is 0 Å².